The van der Waals surface area contributed by atoms with Crippen molar-refractivity contribution in [2.45, 2.75) is 38.2 Å². The zero-order chi connectivity index (χ0) is 11.4. The van der Waals surface area contributed by atoms with Gasteiger partial charge in [-0.2, -0.15) is 0 Å². The molecule has 2 rings (SSSR count). The van der Waals surface area contributed by atoms with Crippen LogP contribution in [0.15, 0.2) is 24.3 Å². The second-order valence-corrected chi connectivity index (χ2v) is 4.35. The summed E-state index contributed by atoms with van der Waals surface area (Å²) in [5.74, 6) is 0. The maximum Gasteiger partial charge on any atom is 0.264 e. The minimum absolute atomic E-state index is 0.190. The van der Waals surface area contributed by atoms with Crippen molar-refractivity contribution in [3.8, 4) is 0 Å². The highest BCUT2D eigenvalue weighted by Crippen LogP contribution is 2.24. The van der Waals surface area contributed by atoms with Crippen molar-refractivity contribution in [1.29, 1.82) is 0 Å². The number of benzene rings is 1. The van der Waals surface area contributed by atoms with Crippen molar-refractivity contribution in [3.63, 3.8) is 0 Å². The highest BCUT2D eigenvalue weighted by Gasteiger charge is 2.17. The van der Waals surface area contributed by atoms with E-state index in [1.54, 1.807) is 6.07 Å². The molecule has 0 bridgehead atoms. The van der Waals surface area contributed by atoms with E-state index in [4.69, 9.17) is 0 Å². The predicted octanol–water partition coefficient (Wildman–Crippen LogP) is 3.31. The fourth-order valence-electron chi connectivity index (χ4n) is 2.30. The van der Waals surface area contributed by atoms with Gasteiger partial charge < -0.3 is 5.32 Å². The van der Waals surface area contributed by atoms with Crippen LogP contribution in [0.2, 0.25) is 0 Å². The van der Waals surface area contributed by atoms with Crippen LogP contribution in [0.5, 0.6) is 0 Å². The molecule has 1 aliphatic rings. The van der Waals surface area contributed by atoms with Gasteiger partial charge in [-0.25, -0.2) is 8.78 Å². The molecule has 1 aromatic rings. The number of nitrogens with one attached hydrogen (secondary N) is 1. The zero-order valence-electron chi connectivity index (χ0n) is 9.26. The van der Waals surface area contributed by atoms with E-state index < -0.39 is 6.43 Å². The standard InChI is InChI=1S/C13H17F2N/c14-13(15)12-7-2-1-5-10(12)9-11-6-3-4-8-16-11/h1-2,5,7,11,13,16H,3-4,6,8-9H2. The molecule has 1 heterocycles. The molecule has 1 nitrogen and oxygen atoms in total. The lowest BCUT2D eigenvalue weighted by molar-refractivity contribution is 0.150. The molecule has 0 aliphatic carbocycles. The number of halogens is 2. The summed E-state index contributed by atoms with van der Waals surface area (Å²) >= 11 is 0. The summed E-state index contributed by atoms with van der Waals surface area (Å²) in [4.78, 5) is 0. The number of rotatable bonds is 3. The van der Waals surface area contributed by atoms with Crippen molar-refractivity contribution in [1.82, 2.24) is 5.32 Å². The predicted molar refractivity (Wildman–Crippen MR) is 60.7 cm³/mol. The third kappa shape index (κ3) is 2.79. The third-order valence-electron chi connectivity index (χ3n) is 3.17. The molecule has 0 radical (unpaired) electrons. The van der Waals surface area contributed by atoms with Gasteiger partial charge in [0.1, 0.15) is 0 Å². The monoisotopic (exact) mass is 225 g/mol. The van der Waals surface area contributed by atoms with Gasteiger partial charge >= 0.3 is 0 Å². The first-order chi connectivity index (χ1) is 7.77. The van der Waals surface area contributed by atoms with Crippen molar-refractivity contribution < 1.29 is 8.78 Å². The molecule has 16 heavy (non-hydrogen) atoms. The molecule has 1 saturated heterocycles. The normalized spacial score (nSPS) is 21.3. The lowest BCUT2D eigenvalue weighted by Gasteiger charge is -2.24. The fourth-order valence-corrected chi connectivity index (χ4v) is 2.30. The molecule has 1 aliphatic heterocycles. The Labute approximate surface area is 94.9 Å². The molecule has 0 aromatic heterocycles. The van der Waals surface area contributed by atoms with Crippen molar-refractivity contribution >= 4 is 0 Å². The Balaban J connectivity index is 2.07. The van der Waals surface area contributed by atoms with Crippen LogP contribution in [0.1, 0.15) is 36.8 Å². The number of hydrogen-bond acceptors (Lipinski definition) is 1. The van der Waals surface area contributed by atoms with Gasteiger partial charge in [0, 0.05) is 11.6 Å². The first kappa shape index (κ1) is 11.5. The Morgan fingerprint density at radius 3 is 2.75 bits per heavy atom. The first-order valence-corrected chi connectivity index (χ1v) is 5.86. The van der Waals surface area contributed by atoms with Gasteiger partial charge in [0.25, 0.3) is 6.43 Å². The maximum absolute atomic E-state index is 12.8. The van der Waals surface area contributed by atoms with Crippen LogP contribution in [0.3, 0.4) is 0 Å². The molecular formula is C13H17F2N. The molecule has 1 fully saturated rings. The van der Waals surface area contributed by atoms with E-state index in [2.05, 4.69) is 5.32 Å². The number of alkyl halides is 2. The fraction of sp³-hybridized carbons (Fsp3) is 0.538. The Morgan fingerprint density at radius 1 is 1.25 bits per heavy atom. The zero-order valence-corrected chi connectivity index (χ0v) is 9.26. The van der Waals surface area contributed by atoms with E-state index in [1.165, 1.54) is 18.9 Å². The van der Waals surface area contributed by atoms with E-state index in [0.29, 0.717) is 6.04 Å². The average molecular weight is 225 g/mol. The first-order valence-electron chi connectivity index (χ1n) is 5.86. The molecule has 3 heteroatoms. The summed E-state index contributed by atoms with van der Waals surface area (Å²) in [6, 6.07) is 7.23. The second-order valence-electron chi connectivity index (χ2n) is 4.35. The van der Waals surface area contributed by atoms with Gasteiger partial charge in [0.2, 0.25) is 0 Å². The van der Waals surface area contributed by atoms with Crippen molar-refractivity contribution in [2.75, 3.05) is 6.54 Å². The van der Waals surface area contributed by atoms with Crippen LogP contribution >= 0.6 is 0 Å². The minimum Gasteiger partial charge on any atom is -0.314 e. The quantitative estimate of drug-likeness (QED) is 0.832. The van der Waals surface area contributed by atoms with E-state index in [0.717, 1.165) is 24.9 Å². The highest BCUT2D eigenvalue weighted by molar-refractivity contribution is 5.28. The Bertz CT molecular complexity index is 332. The molecule has 0 spiro atoms. The van der Waals surface area contributed by atoms with Crippen LogP contribution in [0.4, 0.5) is 8.78 Å². The van der Waals surface area contributed by atoms with Gasteiger partial charge in [-0.05, 0) is 31.4 Å². The number of piperidine rings is 1. The smallest absolute Gasteiger partial charge is 0.264 e. The Morgan fingerprint density at radius 2 is 2.06 bits per heavy atom. The highest BCUT2D eigenvalue weighted by atomic mass is 19.3. The summed E-state index contributed by atoms with van der Waals surface area (Å²) in [7, 11) is 0. The molecule has 1 aromatic carbocycles. The summed E-state index contributed by atoms with van der Waals surface area (Å²) in [5, 5.41) is 3.39. The topological polar surface area (TPSA) is 12.0 Å². The van der Waals surface area contributed by atoms with E-state index in [9.17, 15) is 8.78 Å². The third-order valence-corrected chi connectivity index (χ3v) is 3.17. The SMILES string of the molecule is FC(F)c1ccccc1CC1CCCCN1. The van der Waals surface area contributed by atoms with Crippen molar-refractivity contribution in [3.05, 3.63) is 35.4 Å². The lowest BCUT2D eigenvalue weighted by atomic mass is 9.95. The molecule has 88 valence electrons. The molecular weight excluding hydrogens is 208 g/mol. The minimum atomic E-state index is -2.36. The van der Waals surface area contributed by atoms with Gasteiger partial charge in [-0.1, -0.05) is 30.7 Å². The van der Waals surface area contributed by atoms with Crippen LogP contribution in [-0.2, 0) is 6.42 Å². The van der Waals surface area contributed by atoms with Crippen LogP contribution in [0.25, 0.3) is 0 Å². The van der Waals surface area contributed by atoms with Gasteiger partial charge in [-0.15, -0.1) is 0 Å². The summed E-state index contributed by atoms with van der Waals surface area (Å²) < 4.78 is 25.5. The molecule has 0 amide bonds. The van der Waals surface area contributed by atoms with Gasteiger partial charge in [0.15, 0.2) is 0 Å². The Hall–Kier alpha value is -0.960. The largest absolute Gasteiger partial charge is 0.314 e. The summed E-state index contributed by atoms with van der Waals surface area (Å²) in [6.45, 7) is 1.02. The second kappa shape index (κ2) is 5.39. The van der Waals surface area contributed by atoms with Gasteiger partial charge in [0.05, 0.1) is 0 Å². The molecule has 1 atom stereocenters. The summed E-state index contributed by atoms with van der Waals surface area (Å²) in [5.41, 5.74) is 0.978. The lowest BCUT2D eigenvalue weighted by Crippen LogP contribution is -2.35. The maximum atomic E-state index is 12.8. The van der Waals surface area contributed by atoms with E-state index >= 15 is 0 Å². The van der Waals surface area contributed by atoms with Crippen molar-refractivity contribution in [2.24, 2.45) is 0 Å². The Kier molecular flexibility index (Phi) is 3.88. The molecule has 1 N–H and O–H groups in total. The molecule has 1 unspecified atom stereocenters. The van der Waals surface area contributed by atoms with Crippen LogP contribution in [0, 0.1) is 0 Å². The van der Waals surface area contributed by atoms with Crippen LogP contribution in [-0.4, -0.2) is 12.6 Å². The van der Waals surface area contributed by atoms with E-state index in [-0.39, 0.29) is 5.56 Å². The van der Waals surface area contributed by atoms with Gasteiger partial charge in [-0.3, -0.25) is 0 Å². The van der Waals surface area contributed by atoms with Crippen LogP contribution < -0.4 is 5.32 Å². The average Bonchev–Trinajstić information content (AvgIpc) is 2.31. The number of hydrogen-bond donors (Lipinski definition) is 1. The summed E-state index contributed by atoms with van der Waals surface area (Å²) in [6.07, 6.45) is 1.86. The molecule has 0 saturated carbocycles. The van der Waals surface area contributed by atoms with E-state index in [1.807, 2.05) is 12.1 Å².